The summed E-state index contributed by atoms with van der Waals surface area (Å²) in [7, 11) is 0. The summed E-state index contributed by atoms with van der Waals surface area (Å²) >= 11 is 1.12. The van der Waals surface area contributed by atoms with Crippen LogP contribution in [0, 0.1) is 11.3 Å². The lowest BCUT2D eigenvalue weighted by Crippen LogP contribution is -1.84. The summed E-state index contributed by atoms with van der Waals surface area (Å²) in [6, 6.07) is 1.81. The van der Waals surface area contributed by atoms with Gasteiger partial charge in [0, 0.05) is 0 Å². The monoisotopic (exact) mass is 140 g/mol. The second-order valence-corrected chi connectivity index (χ2v) is 2.44. The Balaban J connectivity index is 3.20. The average molecular weight is 140 g/mol. The second-order valence-electron chi connectivity index (χ2n) is 1.38. The maximum Gasteiger partial charge on any atom is 0.183 e. The lowest BCUT2D eigenvalue weighted by Gasteiger charge is -1.75. The van der Waals surface area contributed by atoms with Gasteiger partial charge in [0.15, 0.2) is 10.8 Å². The van der Waals surface area contributed by atoms with Crippen LogP contribution in [0.2, 0.25) is 0 Å². The third kappa shape index (κ3) is 0.925. The van der Waals surface area contributed by atoms with Crippen LogP contribution in [0.5, 0.6) is 0 Å². The molecule has 4 nitrogen and oxygen atoms in total. The lowest BCUT2D eigenvalue weighted by molar-refractivity contribution is 1.34. The van der Waals surface area contributed by atoms with Gasteiger partial charge in [-0.1, -0.05) is 11.3 Å². The van der Waals surface area contributed by atoms with Gasteiger partial charge in [-0.25, -0.2) is 4.98 Å². The molecule has 0 aromatic carbocycles. The van der Waals surface area contributed by atoms with Gasteiger partial charge in [-0.15, -0.1) is 0 Å². The number of hydrogen-bond acceptors (Lipinski definition) is 5. The molecule has 0 unspecified atom stereocenters. The fourth-order valence-corrected chi connectivity index (χ4v) is 0.979. The normalized spacial score (nSPS) is 8.78. The average Bonchev–Trinajstić information content (AvgIpc) is 2.10. The number of nitrogen functional groups attached to an aromatic ring is 2. The zero-order chi connectivity index (χ0) is 6.85. The van der Waals surface area contributed by atoms with Crippen LogP contribution in [0.1, 0.15) is 5.69 Å². The van der Waals surface area contributed by atoms with Gasteiger partial charge in [0.05, 0.1) is 0 Å². The Bertz CT molecular complexity index is 258. The van der Waals surface area contributed by atoms with E-state index in [0.717, 1.165) is 11.3 Å². The minimum Gasteiger partial charge on any atom is -0.388 e. The molecule has 0 aliphatic rings. The zero-order valence-corrected chi connectivity index (χ0v) is 5.27. The number of hydrogen-bond donors (Lipinski definition) is 2. The summed E-state index contributed by atoms with van der Waals surface area (Å²) in [4.78, 5) is 3.64. The molecule has 1 heterocycles. The Morgan fingerprint density at radius 2 is 2.22 bits per heavy atom. The molecule has 46 valence electrons. The standard InChI is InChI=1S/C4H4N4S/c5-1-2-3(6)9-4(7)8-2/h6H2,(H2,7,8). The van der Waals surface area contributed by atoms with Gasteiger partial charge in [-0.3, -0.25) is 0 Å². The van der Waals surface area contributed by atoms with E-state index in [9.17, 15) is 0 Å². The van der Waals surface area contributed by atoms with Crippen molar-refractivity contribution < 1.29 is 0 Å². The smallest absolute Gasteiger partial charge is 0.183 e. The third-order valence-corrected chi connectivity index (χ3v) is 1.49. The molecular formula is C4H4N4S. The minimum atomic E-state index is 0.220. The van der Waals surface area contributed by atoms with Crippen molar-refractivity contribution in [3.05, 3.63) is 5.69 Å². The van der Waals surface area contributed by atoms with Gasteiger partial charge >= 0.3 is 0 Å². The van der Waals surface area contributed by atoms with E-state index in [1.807, 2.05) is 6.07 Å². The van der Waals surface area contributed by atoms with Crippen LogP contribution in [-0.4, -0.2) is 4.98 Å². The lowest BCUT2D eigenvalue weighted by atomic mass is 10.5. The van der Waals surface area contributed by atoms with Crippen molar-refractivity contribution in [1.29, 1.82) is 5.26 Å². The number of thiazole rings is 1. The van der Waals surface area contributed by atoms with E-state index in [4.69, 9.17) is 16.7 Å². The van der Waals surface area contributed by atoms with Gasteiger partial charge in [-0.2, -0.15) is 5.26 Å². The molecule has 0 saturated heterocycles. The van der Waals surface area contributed by atoms with Gasteiger partial charge in [0.1, 0.15) is 11.1 Å². The molecule has 1 rings (SSSR count). The maximum absolute atomic E-state index is 8.29. The fraction of sp³-hybridized carbons (Fsp3) is 0. The van der Waals surface area contributed by atoms with E-state index in [-0.39, 0.29) is 5.69 Å². The zero-order valence-electron chi connectivity index (χ0n) is 4.46. The topological polar surface area (TPSA) is 88.7 Å². The summed E-state index contributed by atoms with van der Waals surface area (Å²) in [5.74, 6) is 0. The van der Waals surface area contributed by atoms with Crippen LogP contribution in [0.15, 0.2) is 0 Å². The molecule has 0 saturated carbocycles. The molecule has 1 aromatic heterocycles. The summed E-state index contributed by atoms with van der Waals surface area (Å²) in [5.41, 5.74) is 10.8. The Morgan fingerprint density at radius 3 is 2.44 bits per heavy atom. The van der Waals surface area contributed by atoms with E-state index in [1.165, 1.54) is 0 Å². The van der Waals surface area contributed by atoms with Crippen molar-refractivity contribution in [2.24, 2.45) is 0 Å². The minimum absolute atomic E-state index is 0.220. The maximum atomic E-state index is 8.29. The van der Waals surface area contributed by atoms with Crippen molar-refractivity contribution in [2.75, 3.05) is 11.5 Å². The van der Waals surface area contributed by atoms with Crippen LogP contribution < -0.4 is 11.5 Å². The molecule has 0 fully saturated rings. The highest BCUT2D eigenvalue weighted by atomic mass is 32.1. The highest BCUT2D eigenvalue weighted by Crippen LogP contribution is 2.20. The molecule has 0 bridgehead atoms. The molecule has 1 aromatic rings. The van der Waals surface area contributed by atoms with E-state index in [1.54, 1.807) is 0 Å². The number of nitrogens with two attached hydrogens (primary N) is 2. The van der Waals surface area contributed by atoms with Crippen molar-refractivity contribution in [3.8, 4) is 6.07 Å². The van der Waals surface area contributed by atoms with Crippen LogP contribution in [0.4, 0.5) is 10.1 Å². The number of rotatable bonds is 0. The Hall–Kier alpha value is -1.28. The molecule has 5 heteroatoms. The number of nitriles is 1. The predicted molar refractivity (Wildman–Crippen MR) is 35.7 cm³/mol. The van der Waals surface area contributed by atoms with Crippen LogP contribution >= 0.6 is 11.3 Å². The van der Waals surface area contributed by atoms with Crippen molar-refractivity contribution >= 4 is 21.5 Å². The Kier molecular flexibility index (Phi) is 1.24. The first-order valence-electron chi connectivity index (χ1n) is 2.16. The highest BCUT2D eigenvalue weighted by Gasteiger charge is 2.02. The second kappa shape index (κ2) is 1.91. The first kappa shape index (κ1) is 5.85. The number of aromatic nitrogens is 1. The largest absolute Gasteiger partial charge is 0.388 e. The van der Waals surface area contributed by atoms with E-state index in [2.05, 4.69) is 4.98 Å². The molecule has 0 radical (unpaired) electrons. The number of anilines is 2. The van der Waals surface area contributed by atoms with E-state index in [0.29, 0.717) is 10.1 Å². The summed E-state index contributed by atoms with van der Waals surface area (Å²) in [5, 5.41) is 9.01. The predicted octanol–water partition coefficient (Wildman–Crippen LogP) is 0.179. The van der Waals surface area contributed by atoms with Crippen LogP contribution in [0.25, 0.3) is 0 Å². The molecule has 0 atom stereocenters. The van der Waals surface area contributed by atoms with Gasteiger partial charge < -0.3 is 11.5 Å². The van der Waals surface area contributed by atoms with Crippen molar-refractivity contribution in [3.63, 3.8) is 0 Å². The van der Waals surface area contributed by atoms with Gasteiger partial charge in [-0.05, 0) is 0 Å². The fourth-order valence-electron chi connectivity index (χ4n) is 0.429. The van der Waals surface area contributed by atoms with Gasteiger partial charge in [0.2, 0.25) is 0 Å². The van der Waals surface area contributed by atoms with Gasteiger partial charge in [0.25, 0.3) is 0 Å². The molecule has 4 N–H and O–H groups in total. The Morgan fingerprint density at radius 1 is 1.56 bits per heavy atom. The Labute approximate surface area is 55.7 Å². The van der Waals surface area contributed by atoms with Crippen LogP contribution in [-0.2, 0) is 0 Å². The van der Waals surface area contributed by atoms with E-state index >= 15 is 0 Å². The first-order valence-corrected chi connectivity index (χ1v) is 2.97. The molecule has 0 aliphatic carbocycles. The first-order chi connectivity index (χ1) is 4.24. The molecule has 0 aliphatic heterocycles. The number of nitrogens with zero attached hydrogens (tertiary/aromatic N) is 2. The summed E-state index contributed by atoms with van der Waals surface area (Å²) in [6.45, 7) is 0. The quantitative estimate of drug-likeness (QED) is 0.538. The molecule has 9 heavy (non-hydrogen) atoms. The summed E-state index contributed by atoms with van der Waals surface area (Å²) < 4.78 is 0. The third-order valence-electron chi connectivity index (χ3n) is 0.776. The highest BCUT2D eigenvalue weighted by molar-refractivity contribution is 7.19. The molecule has 0 amide bonds. The molecule has 0 spiro atoms. The SMILES string of the molecule is N#Cc1nc(N)sc1N. The van der Waals surface area contributed by atoms with Crippen LogP contribution in [0.3, 0.4) is 0 Å². The van der Waals surface area contributed by atoms with Crippen molar-refractivity contribution in [2.45, 2.75) is 0 Å². The molecular weight excluding hydrogens is 136 g/mol. The summed E-state index contributed by atoms with van der Waals surface area (Å²) in [6.07, 6.45) is 0. The van der Waals surface area contributed by atoms with E-state index < -0.39 is 0 Å². The van der Waals surface area contributed by atoms with Crippen molar-refractivity contribution in [1.82, 2.24) is 4.98 Å².